The zero-order valence-corrected chi connectivity index (χ0v) is 18.9. The van der Waals surface area contributed by atoms with E-state index in [-0.39, 0.29) is 13.0 Å². The monoisotopic (exact) mass is 443 g/mol. The lowest BCUT2D eigenvalue weighted by Gasteiger charge is -2.28. The number of rotatable bonds is 8. The predicted octanol–water partition coefficient (Wildman–Crippen LogP) is 5.45. The Hall–Kier alpha value is -2.51. The lowest BCUT2D eigenvalue weighted by atomic mass is 9.89. The summed E-state index contributed by atoms with van der Waals surface area (Å²) in [5.74, 6) is -2.29. The highest BCUT2D eigenvalue weighted by Crippen LogP contribution is 2.33. The van der Waals surface area contributed by atoms with Gasteiger partial charge in [0.05, 0.1) is 24.1 Å². The van der Waals surface area contributed by atoms with Gasteiger partial charge in [0, 0.05) is 0 Å². The first-order valence-electron chi connectivity index (χ1n) is 10.2. The van der Waals surface area contributed by atoms with Gasteiger partial charge in [-0.05, 0) is 45.6 Å². The van der Waals surface area contributed by atoms with Crippen LogP contribution in [0.25, 0.3) is 0 Å². The van der Waals surface area contributed by atoms with Crippen LogP contribution in [0.2, 0.25) is 0 Å². The standard InChI is InChI=1S/C23H32F3NO4/c1-7-30-20(28)17(15(2)3)14-18(23(24,25)26)19(13-16-11-9-8-10-12-16)27-21(29)31-22(4,5)6/h8-12,14-15,17,19H,7,13H2,1-6H3,(H,27,29)/b18-14-/t17-,19-/m0/s1. The van der Waals surface area contributed by atoms with E-state index >= 15 is 0 Å². The maximum Gasteiger partial charge on any atom is 0.414 e. The van der Waals surface area contributed by atoms with Gasteiger partial charge in [-0.2, -0.15) is 13.2 Å². The van der Waals surface area contributed by atoms with E-state index in [0.29, 0.717) is 5.56 Å². The normalized spacial score (nSPS) is 14.7. The molecule has 0 saturated heterocycles. The van der Waals surface area contributed by atoms with Gasteiger partial charge in [0.15, 0.2) is 0 Å². The summed E-state index contributed by atoms with van der Waals surface area (Å²) in [7, 11) is 0. The minimum atomic E-state index is -4.78. The number of hydrogen-bond acceptors (Lipinski definition) is 4. The van der Waals surface area contributed by atoms with Crippen molar-refractivity contribution in [3.8, 4) is 0 Å². The average Bonchev–Trinajstić information content (AvgIpc) is 2.59. The molecule has 0 aliphatic rings. The molecule has 0 aromatic heterocycles. The van der Waals surface area contributed by atoms with Gasteiger partial charge in [-0.25, -0.2) is 4.79 Å². The Morgan fingerprint density at radius 3 is 2.13 bits per heavy atom. The molecule has 1 aromatic rings. The van der Waals surface area contributed by atoms with E-state index in [1.165, 1.54) is 0 Å². The highest BCUT2D eigenvalue weighted by atomic mass is 19.4. The van der Waals surface area contributed by atoms with Crippen molar-refractivity contribution in [2.75, 3.05) is 6.61 Å². The molecule has 5 nitrogen and oxygen atoms in total. The molecule has 0 radical (unpaired) electrons. The Balaban J connectivity index is 3.42. The van der Waals surface area contributed by atoms with Crippen LogP contribution in [0.1, 0.15) is 47.1 Å². The molecular formula is C23H32F3NO4. The highest BCUT2D eigenvalue weighted by Gasteiger charge is 2.41. The maximum atomic E-state index is 14.1. The van der Waals surface area contributed by atoms with Crippen molar-refractivity contribution < 1.29 is 32.2 Å². The summed E-state index contributed by atoms with van der Waals surface area (Å²) < 4.78 is 52.5. The van der Waals surface area contributed by atoms with Crippen molar-refractivity contribution >= 4 is 12.1 Å². The molecule has 31 heavy (non-hydrogen) atoms. The summed E-state index contributed by atoms with van der Waals surface area (Å²) in [5, 5.41) is 2.34. The number of carbonyl (C=O) groups is 2. The van der Waals surface area contributed by atoms with Crippen LogP contribution in [0.15, 0.2) is 42.0 Å². The number of esters is 1. The van der Waals surface area contributed by atoms with E-state index in [2.05, 4.69) is 5.32 Å². The minimum Gasteiger partial charge on any atom is -0.466 e. The number of benzene rings is 1. The molecule has 1 aromatic carbocycles. The van der Waals surface area contributed by atoms with Crippen molar-refractivity contribution in [2.24, 2.45) is 11.8 Å². The Labute approximate surface area is 182 Å². The van der Waals surface area contributed by atoms with E-state index < -0.39 is 47.3 Å². The van der Waals surface area contributed by atoms with Gasteiger partial charge in [-0.3, -0.25) is 4.79 Å². The number of alkyl halides is 3. The third-order valence-corrected chi connectivity index (χ3v) is 4.31. The van der Waals surface area contributed by atoms with E-state index in [1.807, 2.05) is 0 Å². The number of hydrogen-bond donors (Lipinski definition) is 1. The zero-order chi connectivity index (χ0) is 23.8. The third-order valence-electron chi connectivity index (χ3n) is 4.31. The summed E-state index contributed by atoms with van der Waals surface area (Å²) >= 11 is 0. The Morgan fingerprint density at radius 1 is 1.10 bits per heavy atom. The van der Waals surface area contributed by atoms with Crippen molar-refractivity contribution in [3.05, 3.63) is 47.5 Å². The van der Waals surface area contributed by atoms with Crippen molar-refractivity contribution in [3.63, 3.8) is 0 Å². The fourth-order valence-corrected chi connectivity index (χ4v) is 2.91. The van der Waals surface area contributed by atoms with E-state index in [4.69, 9.17) is 9.47 Å². The van der Waals surface area contributed by atoms with Gasteiger partial charge < -0.3 is 14.8 Å². The first-order valence-corrected chi connectivity index (χ1v) is 10.2. The second kappa shape index (κ2) is 11.2. The van der Waals surface area contributed by atoms with Crippen molar-refractivity contribution in [1.29, 1.82) is 0 Å². The number of alkyl carbamates (subject to hydrolysis) is 1. The molecule has 0 unspecified atom stereocenters. The number of amides is 1. The van der Waals surface area contributed by atoms with E-state index in [9.17, 15) is 22.8 Å². The number of halogens is 3. The molecule has 0 fully saturated rings. The molecule has 0 spiro atoms. The molecule has 0 heterocycles. The van der Waals surface area contributed by atoms with Crippen LogP contribution in [0, 0.1) is 11.8 Å². The lowest BCUT2D eigenvalue weighted by Crippen LogP contribution is -2.44. The molecule has 174 valence electrons. The number of nitrogens with one attached hydrogen (secondary N) is 1. The van der Waals surface area contributed by atoms with Gasteiger partial charge in [0.25, 0.3) is 0 Å². The largest absolute Gasteiger partial charge is 0.466 e. The number of carbonyl (C=O) groups excluding carboxylic acids is 2. The van der Waals surface area contributed by atoms with Gasteiger partial charge in [-0.1, -0.05) is 50.3 Å². The molecule has 0 bridgehead atoms. The summed E-state index contributed by atoms with van der Waals surface area (Å²) in [6.45, 7) is 9.78. The SMILES string of the molecule is CCOC(=O)[C@@H](/C=C(/[C@H](Cc1ccccc1)NC(=O)OC(C)(C)C)C(F)(F)F)C(C)C. The summed E-state index contributed by atoms with van der Waals surface area (Å²) in [5.41, 5.74) is -1.31. The topological polar surface area (TPSA) is 64.6 Å². The van der Waals surface area contributed by atoms with E-state index in [1.54, 1.807) is 71.9 Å². The molecular weight excluding hydrogens is 411 g/mol. The Kier molecular flexibility index (Phi) is 9.59. The molecule has 0 aliphatic carbocycles. The second-order valence-electron chi connectivity index (χ2n) is 8.53. The quantitative estimate of drug-likeness (QED) is 0.429. The van der Waals surface area contributed by atoms with Crippen LogP contribution in [0.5, 0.6) is 0 Å². The third kappa shape index (κ3) is 9.44. The molecule has 1 amide bonds. The van der Waals surface area contributed by atoms with Crippen LogP contribution >= 0.6 is 0 Å². The predicted molar refractivity (Wildman–Crippen MR) is 112 cm³/mol. The fourth-order valence-electron chi connectivity index (χ4n) is 2.91. The number of ether oxygens (including phenoxy) is 2. The van der Waals surface area contributed by atoms with Crippen molar-refractivity contribution in [2.45, 2.75) is 65.8 Å². The Morgan fingerprint density at radius 2 is 1.68 bits per heavy atom. The summed E-state index contributed by atoms with van der Waals surface area (Å²) in [4.78, 5) is 24.6. The first-order chi connectivity index (χ1) is 14.2. The molecule has 0 saturated carbocycles. The Bertz CT molecular complexity index is 752. The van der Waals surface area contributed by atoms with Crippen LogP contribution in [0.3, 0.4) is 0 Å². The average molecular weight is 444 g/mol. The van der Waals surface area contributed by atoms with Gasteiger partial charge >= 0.3 is 18.2 Å². The molecule has 1 rings (SSSR count). The summed E-state index contributed by atoms with van der Waals surface area (Å²) in [6, 6.07) is 7.04. The second-order valence-corrected chi connectivity index (χ2v) is 8.53. The highest BCUT2D eigenvalue weighted by molar-refractivity contribution is 5.75. The van der Waals surface area contributed by atoms with Gasteiger partial charge in [-0.15, -0.1) is 0 Å². The van der Waals surface area contributed by atoms with Gasteiger partial charge in [0.2, 0.25) is 0 Å². The molecule has 2 atom stereocenters. The lowest BCUT2D eigenvalue weighted by molar-refractivity contribution is -0.147. The van der Waals surface area contributed by atoms with Crippen LogP contribution in [0.4, 0.5) is 18.0 Å². The first kappa shape index (κ1) is 26.5. The molecule has 8 heteroatoms. The van der Waals surface area contributed by atoms with Gasteiger partial charge in [0.1, 0.15) is 5.60 Å². The van der Waals surface area contributed by atoms with Crippen LogP contribution in [-0.2, 0) is 20.7 Å². The minimum absolute atomic E-state index is 0.0564. The van der Waals surface area contributed by atoms with E-state index in [0.717, 1.165) is 6.08 Å². The molecule has 0 aliphatic heterocycles. The van der Waals surface area contributed by atoms with Crippen molar-refractivity contribution in [1.82, 2.24) is 5.32 Å². The van der Waals surface area contributed by atoms with Crippen LogP contribution < -0.4 is 5.32 Å². The summed E-state index contributed by atoms with van der Waals surface area (Å²) in [6.07, 6.45) is -5.01. The van der Waals surface area contributed by atoms with Crippen LogP contribution in [-0.4, -0.2) is 36.5 Å². The molecule has 1 N–H and O–H groups in total. The smallest absolute Gasteiger partial charge is 0.414 e. The fraction of sp³-hybridized carbons (Fsp3) is 0.565. The maximum absolute atomic E-state index is 14.1. The zero-order valence-electron chi connectivity index (χ0n) is 18.9.